The van der Waals surface area contributed by atoms with Crippen molar-refractivity contribution in [1.82, 2.24) is 19.2 Å². The van der Waals surface area contributed by atoms with Crippen molar-refractivity contribution in [1.29, 1.82) is 0 Å². The molecule has 2 aliphatic rings. The minimum atomic E-state index is -3.73. The van der Waals surface area contributed by atoms with Gasteiger partial charge < -0.3 is 9.88 Å². The fourth-order valence-electron chi connectivity index (χ4n) is 5.54. The molecule has 1 saturated heterocycles. The summed E-state index contributed by atoms with van der Waals surface area (Å²) in [5.74, 6) is -1.67. The molecule has 10 heteroatoms. The van der Waals surface area contributed by atoms with Crippen LogP contribution in [0.3, 0.4) is 0 Å². The van der Waals surface area contributed by atoms with Crippen molar-refractivity contribution in [3.63, 3.8) is 0 Å². The SMILES string of the molecule is CC(C)NC(=O)C[C@@H]1CCN(S(=O)(=O)c2ccc3c(c2)nc(C(C)(C)C)n3CC2CCC(F)(F)CC2)C1. The molecular weight excluding hydrogens is 498 g/mol. The highest BCUT2D eigenvalue weighted by atomic mass is 32.2. The van der Waals surface area contributed by atoms with Crippen LogP contribution in [0.4, 0.5) is 8.78 Å². The van der Waals surface area contributed by atoms with Gasteiger partial charge in [0.15, 0.2) is 0 Å². The second-order valence-electron chi connectivity index (χ2n) is 12.2. The van der Waals surface area contributed by atoms with E-state index >= 15 is 0 Å². The number of amides is 1. The average Bonchev–Trinajstić information content (AvgIpc) is 3.39. The standard InChI is InChI=1S/C27H40F2N4O3S/c1-18(2)30-24(34)14-20-10-13-32(16-20)37(35,36)21-6-7-23-22(15-21)31-25(26(3,4)5)33(23)17-19-8-11-27(28,29)12-9-19/h6-7,15,18-20H,8-14,16-17H2,1-5H3,(H,30,34)/t20-/m0/s1. The lowest BCUT2D eigenvalue weighted by molar-refractivity contribution is -0.122. The molecule has 1 saturated carbocycles. The Bertz CT molecular complexity index is 1240. The highest BCUT2D eigenvalue weighted by molar-refractivity contribution is 7.89. The number of carbonyl (C=O) groups is 1. The molecule has 1 atom stereocenters. The Hall–Kier alpha value is -2.07. The molecule has 7 nitrogen and oxygen atoms in total. The van der Waals surface area contributed by atoms with Gasteiger partial charge in [0.1, 0.15) is 5.82 Å². The summed E-state index contributed by atoms with van der Waals surface area (Å²) in [4.78, 5) is 17.2. The first-order valence-corrected chi connectivity index (χ1v) is 14.8. The van der Waals surface area contributed by atoms with Gasteiger partial charge in [0.25, 0.3) is 0 Å². The number of benzene rings is 1. The van der Waals surface area contributed by atoms with Crippen LogP contribution in [-0.2, 0) is 26.8 Å². The zero-order valence-corrected chi connectivity index (χ0v) is 23.4. The maximum absolute atomic E-state index is 13.7. The molecule has 206 valence electrons. The number of fused-ring (bicyclic) bond motifs is 1. The molecule has 1 aromatic carbocycles. The smallest absolute Gasteiger partial charge is 0.248 e. The van der Waals surface area contributed by atoms with E-state index in [1.165, 1.54) is 4.31 Å². The molecular formula is C27H40F2N4O3S. The van der Waals surface area contributed by atoms with Crippen LogP contribution < -0.4 is 5.32 Å². The summed E-state index contributed by atoms with van der Waals surface area (Å²) in [7, 11) is -3.73. The van der Waals surface area contributed by atoms with Gasteiger partial charge in [-0.25, -0.2) is 22.2 Å². The lowest BCUT2D eigenvalue weighted by Crippen LogP contribution is -2.33. The van der Waals surface area contributed by atoms with E-state index in [9.17, 15) is 22.0 Å². The summed E-state index contributed by atoms with van der Waals surface area (Å²) in [5, 5.41) is 2.87. The average molecular weight is 539 g/mol. The fraction of sp³-hybridized carbons (Fsp3) is 0.704. The zero-order valence-electron chi connectivity index (χ0n) is 22.6. The lowest BCUT2D eigenvalue weighted by atomic mass is 9.86. The van der Waals surface area contributed by atoms with E-state index in [0.29, 0.717) is 50.8 Å². The number of sulfonamides is 1. The number of imidazole rings is 1. The van der Waals surface area contributed by atoms with Crippen LogP contribution in [0.5, 0.6) is 0 Å². The third-order valence-corrected chi connectivity index (χ3v) is 9.34. The second kappa shape index (κ2) is 10.2. The molecule has 37 heavy (non-hydrogen) atoms. The third kappa shape index (κ3) is 6.33. The monoisotopic (exact) mass is 538 g/mol. The highest BCUT2D eigenvalue weighted by Gasteiger charge is 2.37. The number of hydrogen-bond donors (Lipinski definition) is 1. The Morgan fingerprint density at radius 3 is 2.46 bits per heavy atom. The molecule has 1 aliphatic carbocycles. The minimum Gasteiger partial charge on any atom is -0.354 e. The first-order chi connectivity index (χ1) is 17.2. The summed E-state index contributed by atoms with van der Waals surface area (Å²) in [6.07, 6.45) is 1.72. The van der Waals surface area contributed by atoms with Gasteiger partial charge >= 0.3 is 0 Å². The van der Waals surface area contributed by atoms with Gasteiger partial charge in [-0.2, -0.15) is 4.31 Å². The van der Waals surface area contributed by atoms with Crippen molar-refractivity contribution in [3.8, 4) is 0 Å². The van der Waals surface area contributed by atoms with Crippen LogP contribution >= 0.6 is 0 Å². The summed E-state index contributed by atoms with van der Waals surface area (Å²) in [6.45, 7) is 11.3. The van der Waals surface area contributed by atoms with Crippen molar-refractivity contribution in [2.45, 2.75) is 102 Å². The third-order valence-electron chi connectivity index (χ3n) is 7.48. The van der Waals surface area contributed by atoms with Gasteiger partial charge in [0, 0.05) is 50.4 Å². The summed E-state index contributed by atoms with van der Waals surface area (Å²) >= 11 is 0. The predicted octanol–water partition coefficient (Wildman–Crippen LogP) is 5.08. The number of halogens is 2. The van der Waals surface area contributed by atoms with Crippen molar-refractivity contribution in [2.24, 2.45) is 11.8 Å². The molecule has 1 aliphatic heterocycles. The Kier molecular flexibility index (Phi) is 7.74. The minimum absolute atomic E-state index is 0.00757. The Morgan fingerprint density at radius 1 is 1.16 bits per heavy atom. The largest absolute Gasteiger partial charge is 0.354 e. The number of hydrogen-bond acceptors (Lipinski definition) is 4. The van der Waals surface area contributed by atoms with Crippen molar-refractivity contribution in [3.05, 3.63) is 24.0 Å². The number of nitrogens with one attached hydrogen (secondary N) is 1. The van der Waals surface area contributed by atoms with E-state index in [1.54, 1.807) is 18.2 Å². The van der Waals surface area contributed by atoms with Crippen molar-refractivity contribution in [2.75, 3.05) is 13.1 Å². The van der Waals surface area contributed by atoms with Crippen LogP contribution in [0.25, 0.3) is 11.0 Å². The van der Waals surface area contributed by atoms with E-state index < -0.39 is 15.9 Å². The van der Waals surface area contributed by atoms with Gasteiger partial charge in [-0.3, -0.25) is 4.79 Å². The van der Waals surface area contributed by atoms with Crippen LogP contribution in [-0.4, -0.2) is 53.2 Å². The first kappa shape index (κ1) is 28.0. The van der Waals surface area contributed by atoms with Gasteiger partial charge in [-0.15, -0.1) is 0 Å². The summed E-state index contributed by atoms with van der Waals surface area (Å²) in [5.41, 5.74) is 1.13. The first-order valence-electron chi connectivity index (χ1n) is 13.3. The molecule has 0 unspecified atom stereocenters. The second-order valence-corrected chi connectivity index (χ2v) is 14.1. The van der Waals surface area contributed by atoms with Gasteiger partial charge in [-0.05, 0) is 63.1 Å². The summed E-state index contributed by atoms with van der Waals surface area (Å²) in [6, 6.07) is 5.10. The molecule has 1 amide bonds. The molecule has 1 N–H and O–H groups in total. The van der Waals surface area contributed by atoms with E-state index in [0.717, 1.165) is 11.3 Å². The van der Waals surface area contributed by atoms with Gasteiger partial charge in [0.05, 0.1) is 15.9 Å². The number of alkyl halides is 2. The Labute approximate surface area is 219 Å². The van der Waals surface area contributed by atoms with Crippen LogP contribution in [0.15, 0.2) is 23.1 Å². The number of aromatic nitrogens is 2. The number of rotatable bonds is 7. The van der Waals surface area contributed by atoms with E-state index in [1.807, 2.05) is 13.8 Å². The molecule has 0 radical (unpaired) electrons. The quantitative estimate of drug-likeness (QED) is 0.533. The van der Waals surface area contributed by atoms with Crippen LogP contribution in [0.2, 0.25) is 0 Å². The molecule has 2 fully saturated rings. The van der Waals surface area contributed by atoms with E-state index in [-0.39, 0.29) is 46.9 Å². The van der Waals surface area contributed by atoms with Crippen molar-refractivity contribution < 1.29 is 22.0 Å². The maximum atomic E-state index is 13.7. The zero-order chi connectivity index (χ0) is 27.2. The van der Waals surface area contributed by atoms with E-state index in [2.05, 4.69) is 30.7 Å². The normalized spacial score (nSPS) is 21.7. The molecule has 2 aromatic rings. The molecule has 1 aromatic heterocycles. The maximum Gasteiger partial charge on any atom is 0.248 e. The van der Waals surface area contributed by atoms with Gasteiger partial charge in [0.2, 0.25) is 21.9 Å². The molecule has 0 spiro atoms. The predicted molar refractivity (Wildman–Crippen MR) is 140 cm³/mol. The van der Waals surface area contributed by atoms with Crippen LogP contribution in [0, 0.1) is 11.8 Å². The number of nitrogens with zero attached hydrogens (tertiary/aromatic N) is 3. The molecule has 4 rings (SSSR count). The lowest BCUT2D eigenvalue weighted by Gasteiger charge is -2.30. The van der Waals surface area contributed by atoms with Crippen LogP contribution in [0.1, 0.15) is 79.0 Å². The topological polar surface area (TPSA) is 84.3 Å². The summed E-state index contributed by atoms with van der Waals surface area (Å²) < 4.78 is 57.9. The van der Waals surface area contributed by atoms with Gasteiger partial charge in [-0.1, -0.05) is 20.8 Å². The van der Waals surface area contributed by atoms with Crippen molar-refractivity contribution >= 4 is 27.0 Å². The van der Waals surface area contributed by atoms with E-state index in [4.69, 9.17) is 4.98 Å². The highest BCUT2D eigenvalue weighted by Crippen LogP contribution is 2.38. The molecule has 0 bridgehead atoms. The Balaban J connectivity index is 1.56. The number of carbonyl (C=O) groups excluding carboxylic acids is 1. The Morgan fingerprint density at radius 2 is 1.84 bits per heavy atom. The molecule has 2 heterocycles. The fourth-order valence-corrected chi connectivity index (χ4v) is 7.09.